The summed E-state index contributed by atoms with van der Waals surface area (Å²) in [6.45, 7) is 1.20. The summed E-state index contributed by atoms with van der Waals surface area (Å²) in [5, 5.41) is 2.93. The molecule has 1 fully saturated rings. The van der Waals surface area contributed by atoms with Crippen LogP contribution in [0.2, 0.25) is 0 Å². The number of carbonyl (C=O) groups is 1. The summed E-state index contributed by atoms with van der Waals surface area (Å²) in [5.41, 5.74) is 1.92. The number of hydrogen-bond donors (Lipinski definition) is 1. The van der Waals surface area contributed by atoms with E-state index in [1.807, 2.05) is 0 Å². The van der Waals surface area contributed by atoms with Crippen LogP contribution in [-0.2, 0) is 4.74 Å². The molecule has 1 N–H and O–H groups in total. The molecule has 3 heterocycles. The second kappa shape index (κ2) is 8.32. The van der Waals surface area contributed by atoms with Crippen LogP contribution < -0.4 is 5.32 Å². The van der Waals surface area contributed by atoms with Crippen LogP contribution in [0.3, 0.4) is 0 Å². The van der Waals surface area contributed by atoms with E-state index in [2.05, 4.69) is 20.3 Å². The highest BCUT2D eigenvalue weighted by Crippen LogP contribution is 2.25. The van der Waals surface area contributed by atoms with E-state index >= 15 is 0 Å². The Morgan fingerprint density at radius 1 is 1.28 bits per heavy atom. The molecule has 0 aliphatic carbocycles. The summed E-state index contributed by atoms with van der Waals surface area (Å²) in [5.74, 6) is 0.165. The number of halogens is 1. The Kier molecular flexibility index (Phi) is 5.44. The van der Waals surface area contributed by atoms with Gasteiger partial charge >= 0.3 is 0 Å². The highest BCUT2D eigenvalue weighted by Gasteiger charge is 2.27. The summed E-state index contributed by atoms with van der Waals surface area (Å²) in [6.07, 6.45) is 4.27. The Morgan fingerprint density at radius 3 is 2.97 bits per heavy atom. The lowest BCUT2D eigenvalue weighted by Gasteiger charge is -2.32. The molecular weight excluding hydrogens is 373 g/mol. The van der Waals surface area contributed by atoms with Crippen molar-refractivity contribution in [3.8, 4) is 11.3 Å². The van der Waals surface area contributed by atoms with Crippen LogP contribution in [-0.4, -0.2) is 52.5 Å². The molecule has 0 radical (unpaired) electrons. The van der Waals surface area contributed by atoms with Crippen LogP contribution in [0.1, 0.15) is 22.2 Å². The maximum absolute atomic E-state index is 14.1. The quantitative estimate of drug-likeness (QED) is 0.734. The Morgan fingerprint density at radius 2 is 2.14 bits per heavy atom. The number of rotatable bonds is 4. The van der Waals surface area contributed by atoms with Crippen molar-refractivity contribution >= 4 is 11.7 Å². The summed E-state index contributed by atoms with van der Waals surface area (Å²) < 4.78 is 19.9. The van der Waals surface area contributed by atoms with Gasteiger partial charge in [0.1, 0.15) is 17.7 Å². The van der Waals surface area contributed by atoms with Gasteiger partial charge in [-0.3, -0.25) is 9.78 Å². The third-order valence-corrected chi connectivity index (χ3v) is 4.75. The van der Waals surface area contributed by atoms with Crippen LogP contribution >= 0.6 is 0 Å². The fraction of sp³-hybridized carbons (Fsp3) is 0.238. The van der Waals surface area contributed by atoms with Crippen molar-refractivity contribution in [3.63, 3.8) is 0 Å². The second-order valence-corrected chi connectivity index (χ2v) is 6.60. The summed E-state index contributed by atoms with van der Waals surface area (Å²) >= 11 is 0. The molecule has 7 nitrogen and oxygen atoms in total. The van der Waals surface area contributed by atoms with Crippen molar-refractivity contribution in [3.05, 3.63) is 72.1 Å². The van der Waals surface area contributed by atoms with E-state index in [1.165, 1.54) is 12.3 Å². The van der Waals surface area contributed by atoms with E-state index in [-0.39, 0.29) is 11.7 Å². The van der Waals surface area contributed by atoms with Gasteiger partial charge in [-0.05, 0) is 24.3 Å². The van der Waals surface area contributed by atoms with Gasteiger partial charge in [-0.2, -0.15) is 0 Å². The number of carbonyl (C=O) groups excluding carboxylic acids is 1. The summed E-state index contributed by atoms with van der Waals surface area (Å²) in [4.78, 5) is 27.5. The van der Waals surface area contributed by atoms with Crippen LogP contribution in [0.15, 0.2) is 55.0 Å². The number of amides is 1. The number of nitrogens with one attached hydrogen (secondary N) is 1. The largest absolute Gasteiger partial charge is 0.373 e. The number of ether oxygens (including phenoxy) is 1. The number of benzene rings is 1. The topological polar surface area (TPSA) is 80.2 Å². The standard InChI is InChI=1S/C21H20FN5O2/c1-23-20-10-14(6-7-25-20)21(28)27-8-9-29-19(13-27)18-12-24-11-17(26-18)15-4-2-3-5-16(15)22/h2-7,10-12,19H,8-9,13H2,1H3,(H,23,25). The molecule has 3 aromatic rings. The first-order chi connectivity index (χ1) is 14.2. The van der Waals surface area contributed by atoms with E-state index in [4.69, 9.17) is 4.74 Å². The number of aromatic nitrogens is 3. The first-order valence-electron chi connectivity index (χ1n) is 9.27. The van der Waals surface area contributed by atoms with Gasteiger partial charge in [0, 0.05) is 30.9 Å². The average Bonchev–Trinajstić information content (AvgIpc) is 2.79. The number of pyridine rings is 1. The number of morpholine rings is 1. The van der Waals surface area contributed by atoms with Gasteiger partial charge in [0.2, 0.25) is 0 Å². The number of anilines is 1. The molecular formula is C21H20FN5O2. The minimum atomic E-state index is -0.433. The zero-order chi connectivity index (χ0) is 20.2. The molecule has 0 saturated carbocycles. The van der Waals surface area contributed by atoms with Crippen molar-refractivity contribution in [1.82, 2.24) is 19.9 Å². The third kappa shape index (κ3) is 4.07. The van der Waals surface area contributed by atoms with Gasteiger partial charge in [-0.15, -0.1) is 0 Å². The Labute approximate surface area is 167 Å². The summed E-state index contributed by atoms with van der Waals surface area (Å²) in [6, 6.07) is 9.82. The molecule has 0 spiro atoms. The molecule has 2 aromatic heterocycles. The molecule has 148 valence electrons. The maximum Gasteiger partial charge on any atom is 0.254 e. The maximum atomic E-state index is 14.1. The SMILES string of the molecule is CNc1cc(C(=O)N2CCOC(c3cncc(-c4ccccc4F)n3)C2)ccn1. The zero-order valence-corrected chi connectivity index (χ0v) is 15.9. The smallest absolute Gasteiger partial charge is 0.254 e. The first kappa shape index (κ1) is 18.9. The van der Waals surface area contributed by atoms with Crippen LogP contribution in [0.4, 0.5) is 10.2 Å². The molecule has 0 bridgehead atoms. The van der Waals surface area contributed by atoms with E-state index in [0.29, 0.717) is 48.0 Å². The molecule has 1 aromatic carbocycles. The Hall–Kier alpha value is -3.39. The van der Waals surface area contributed by atoms with Crippen LogP contribution in [0, 0.1) is 5.82 Å². The molecule has 1 aliphatic rings. The molecule has 29 heavy (non-hydrogen) atoms. The molecule has 1 saturated heterocycles. The predicted molar refractivity (Wildman–Crippen MR) is 106 cm³/mol. The normalized spacial score (nSPS) is 16.5. The molecule has 1 atom stereocenters. The van der Waals surface area contributed by atoms with Crippen LogP contribution in [0.5, 0.6) is 0 Å². The Balaban J connectivity index is 1.55. The molecule has 8 heteroatoms. The van der Waals surface area contributed by atoms with Crippen molar-refractivity contribution in [1.29, 1.82) is 0 Å². The predicted octanol–water partition coefficient (Wildman–Crippen LogP) is 2.93. The van der Waals surface area contributed by atoms with Gasteiger partial charge in [0.05, 0.1) is 36.9 Å². The van der Waals surface area contributed by atoms with Gasteiger partial charge in [-0.1, -0.05) is 12.1 Å². The van der Waals surface area contributed by atoms with Gasteiger partial charge in [0.25, 0.3) is 5.91 Å². The van der Waals surface area contributed by atoms with E-state index < -0.39 is 6.10 Å². The Bertz CT molecular complexity index is 1030. The summed E-state index contributed by atoms with van der Waals surface area (Å²) in [7, 11) is 1.75. The van der Waals surface area contributed by atoms with Crippen LogP contribution in [0.25, 0.3) is 11.3 Å². The van der Waals surface area contributed by atoms with Crippen molar-refractivity contribution in [2.45, 2.75) is 6.10 Å². The monoisotopic (exact) mass is 393 g/mol. The molecule has 1 aliphatic heterocycles. The van der Waals surface area contributed by atoms with Crippen molar-refractivity contribution < 1.29 is 13.9 Å². The average molecular weight is 393 g/mol. The zero-order valence-electron chi connectivity index (χ0n) is 15.9. The van der Waals surface area contributed by atoms with E-state index in [0.717, 1.165) is 0 Å². The van der Waals surface area contributed by atoms with Gasteiger partial charge in [-0.25, -0.2) is 14.4 Å². The van der Waals surface area contributed by atoms with Crippen molar-refractivity contribution in [2.75, 3.05) is 32.1 Å². The van der Waals surface area contributed by atoms with Gasteiger partial charge < -0.3 is 15.0 Å². The third-order valence-electron chi connectivity index (χ3n) is 4.75. The molecule has 1 amide bonds. The second-order valence-electron chi connectivity index (χ2n) is 6.60. The highest BCUT2D eigenvalue weighted by atomic mass is 19.1. The first-order valence-corrected chi connectivity index (χ1v) is 9.27. The lowest BCUT2D eigenvalue weighted by molar-refractivity contribution is -0.0248. The van der Waals surface area contributed by atoms with Crippen molar-refractivity contribution in [2.24, 2.45) is 0 Å². The fourth-order valence-electron chi connectivity index (χ4n) is 3.23. The molecule has 4 rings (SSSR count). The lowest BCUT2D eigenvalue weighted by Crippen LogP contribution is -2.42. The minimum Gasteiger partial charge on any atom is -0.373 e. The molecule has 1 unspecified atom stereocenters. The van der Waals surface area contributed by atoms with E-state index in [1.54, 1.807) is 54.7 Å². The van der Waals surface area contributed by atoms with E-state index in [9.17, 15) is 9.18 Å². The lowest BCUT2D eigenvalue weighted by atomic mass is 10.1. The highest BCUT2D eigenvalue weighted by molar-refractivity contribution is 5.94. The number of nitrogens with zero attached hydrogens (tertiary/aromatic N) is 4. The van der Waals surface area contributed by atoms with Gasteiger partial charge in [0.15, 0.2) is 0 Å². The minimum absolute atomic E-state index is 0.101. The number of hydrogen-bond acceptors (Lipinski definition) is 6. The fourth-order valence-corrected chi connectivity index (χ4v) is 3.23.